The molecule has 4 heteroatoms. The third kappa shape index (κ3) is 5.32. The van der Waals surface area contributed by atoms with Gasteiger partial charge < -0.3 is 24.8 Å². The van der Waals surface area contributed by atoms with E-state index in [2.05, 4.69) is 105 Å². The quantitative estimate of drug-likeness (QED) is 0.400. The van der Waals surface area contributed by atoms with Crippen LogP contribution in [0.5, 0.6) is 0 Å². The second kappa shape index (κ2) is 10.5. The minimum atomic E-state index is -1.93. The Morgan fingerprint density at radius 3 is 1.91 bits per heavy atom. The summed E-state index contributed by atoms with van der Waals surface area (Å²) < 4.78 is 3.68. The van der Waals surface area contributed by atoms with Crippen molar-refractivity contribution in [1.82, 2.24) is 0 Å². The maximum absolute atomic E-state index is 2.60. The molecule has 0 atom stereocenters. The molecule has 0 N–H and O–H groups in total. The van der Waals surface area contributed by atoms with Gasteiger partial charge in [-0.25, -0.2) is 0 Å². The van der Waals surface area contributed by atoms with Crippen molar-refractivity contribution in [2.75, 3.05) is 0 Å². The van der Waals surface area contributed by atoms with Gasteiger partial charge in [0.05, 0.1) is 0 Å². The van der Waals surface area contributed by atoms with Gasteiger partial charge in [0, 0.05) is 0 Å². The molecule has 2 aromatic carbocycles. The number of rotatable bonds is 2. The van der Waals surface area contributed by atoms with Crippen LogP contribution < -0.4 is 28.1 Å². The van der Waals surface area contributed by atoms with Crippen LogP contribution in [0.1, 0.15) is 81.3 Å². The first kappa shape index (κ1) is 29.8. The van der Waals surface area contributed by atoms with Crippen LogP contribution in [0.3, 0.4) is 0 Å². The van der Waals surface area contributed by atoms with Crippen LogP contribution in [-0.2, 0) is 37.6 Å². The molecule has 0 saturated carbocycles. The SMILES string of the molecule is Cc1cc2c(cc1C(C)(C)C)-c1cc(C(C)(C)C)c(C)[c]([Zr+2]([C]3=CC=CC3)=[Si](C)C)c1C2.[Cl-].[Cl-]. The fourth-order valence-corrected chi connectivity index (χ4v) is 23.3. The Hall–Kier alpha value is -0.400. The zero-order valence-electron chi connectivity index (χ0n) is 22.6. The molecule has 0 fully saturated rings. The van der Waals surface area contributed by atoms with E-state index in [0.29, 0.717) is 0 Å². The van der Waals surface area contributed by atoms with Crippen LogP contribution in [-0.4, -0.2) is 5.43 Å². The zero-order chi connectivity index (χ0) is 23.6. The van der Waals surface area contributed by atoms with E-state index in [1.54, 1.807) is 27.8 Å². The van der Waals surface area contributed by atoms with Gasteiger partial charge in [0.2, 0.25) is 0 Å². The summed E-state index contributed by atoms with van der Waals surface area (Å²) in [5.41, 5.74) is 12.5. The normalized spacial score (nSPS) is 13.9. The van der Waals surface area contributed by atoms with E-state index in [0.717, 1.165) is 6.42 Å². The predicted molar refractivity (Wildman–Crippen MR) is 141 cm³/mol. The van der Waals surface area contributed by atoms with Crippen molar-refractivity contribution in [3.8, 4) is 11.1 Å². The van der Waals surface area contributed by atoms with Gasteiger partial charge in [-0.3, -0.25) is 0 Å². The molecule has 0 amide bonds. The van der Waals surface area contributed by atoms with Gasteiger partial charge in [0.25, 0.3) is 0 Å². The largest absolute Gasteiger partial charge is 1.00 e. The first-order chi connectivity index (χ1) is 14.8. The van der Waals surface area contributed by atoms with Crippen molar-refractivity contribution >= 4 is 8.70 Å². The topological polar surface area (TPSA) is 0 Å². The molecular weight excluding hydrogens is 551 g/mol. The van der Waals surface area contributed by atoms with Crippen molar-refractivity contribution in [3.05, 3.63) is 73.1 Å². The van der Waals surface area contributed by atoms with Crippen molar-refractivity contribution in [1.29, 1.82) is 0 Å². The number of fused-ring (bicyclic) bond motifs is 3. The van der Waals surface area contributed by atoms with Crippen molar-refractivity contribution in [3.63, 3.8) is 0 Å². The maximum Gasteiger partial charge on any atom is -1.00 e. The summed E-state index contributed by atoms with van der Waals surface area (Å²) in [7, 11) is 0. The van der Waals surface area contributed by atoms with Gasteiger partial charge in [-0.2, -0.15) is 0 Å². The Morgan fingerprint density at radius 2 is 1.41 bits per heavy atom. The van der Waals surface area contributed by atoms with Crippen LogP contribution in [0.25, 0.3) is 11.1 Å². The molecule has 0 saturated heterocycles. The minimum absolute atomic E-state index is 0. The number of allylic oxidation sites excluding steroid dienone is 4. The summed E-state index contributed by atoms with van der Waals surface area (Å²) >= 11 is -1.93. The van der Waals surface area contributed by atoms with Gasteiger partial charge in [-0.1, -0.05) is 0 Å². The molecule has 0 nitrogen and oxygen atoms in total. The molecule has 0 radical (unpaired) electrons. The average Bonchev–Trinajstić information content (AvgIpc) is 3.28. The van der Waals surface area contributed by atoms with E-state index in [-0.39, 0.29) is 41.1 Å². The second-order valence-electron chi connectivity index (χ2n) is 12.2. The first-order valence-electron chi connectivity index (χ1n) is 12.2. The molecule has 0 aromatic heterocycles. The standard InChI is InChI=1S/C23H29.C5H5.C2H6Si.2ClH.Zr/c1-14-9-16-11-17-10-15(2)21(23(6,7)8)13-19(17)18(16)12-20(14)22(3,4)5;1-2-4-5-3-1;1-3-2;;;/h9,12-13H,11H2,1-8H3;1-3H,4H2;1-2H3;2*1H;/q;;;;;+2/p-2. The summed E-state index contributed by atoms with van der Waals surface area (Å²) in [6.45, 7) is 24.2. The van der Waals surface area contributed by atoms with E-state index in [1.165, 1.54) is 23.1 Å². The number of aryl methyl sites for hydroxylation is 1. The Balaban J connectivity index is 0.00000204. The van der Waals surface area contributed by atoms with Crippen LogP contribution in [0.15, 0.2) is 39.7 Å². The summed E-state index contributed by atoms with van der Waals surface area (Å²) in [5, 5.41) is 0. The van der Waals surface area contributed by atoms with E-state index in [4.69, 9.17) is 0 Å². The Kier molecular flexibility index (Phi) is 9.24. The van der Waals surface area contributed by atoms with Crippen LogP contribution in [0.4, 0.5) is 0 Å². The van der Waals surface area contributed by atoms with Crippen LogP contribution in [0.2, 0.25) is 13.1 Å². The fraction of sp³-hybridized carbons (Fsp3) is 0.467. The number of hydrogen-bond acceptors (Lipinski definition) is 0. The van der Waals surface area contributed by atoms with Gasteiger partial charge in [0.15, 0.2) is 0 Å². The maximum atomic E-state index is 2.60. The Labute approximate surface area is 228 Å². The first-order valence-corrected chi connectivity index (χ1v) is 20.8. The molecule has 0 aliphatic heterocycles. The molecule has 182 valence electrons. The molecule has 2 aromatic rings. The van der Waals surface area contributed by atoms with Crippen molar-refractivity contribution in [2.45, 2.75) is 92.2 Å². The van der Waals surface area contributed by atoms with E-state index in [9.17, 15) is 0 Å². The third-order valence-corrected chi connectivity index (χ3v) is 24.4. The monoisotopic (exact) mass is 588 g/mol. The van der Waals surface area contributed by atoms with Crippen LogP contribution >= 0.6 is 0 Å². The Morgan fingerprint density at radius 1 is 0.824 bits per heavy atom. The fourth-order valence-electron chi connectivity index (χ4n) is 5.90. The number of halogens is 2. The molecule has 2 aliphatic carbocycles. The summed E-state index contributed by atoms with van der Waals surface area (Å²) in [6.07, 6.45) is 9.54. The average molecular weight is 591 g/mol. The van der Waals surface area contributed by atoms with E-state index >= 15 is 0 Å². The zero-order valence-corrected chi connectivity index (χ0v) is 27.6. The van der Waals surface area contributed by atoms with Crippen molar-refractivity contribution < 1.29 is 45.2 Å². The number of hydrogen-bond donors (Lipinski definition) is 0. The van der Waals surface area contributed by atoms with Gasteiger partial charge in [-0.15, -0.1) is 0 Å². The molecule has 0 unspecified atom stereocenters. The minimum Gasteiger partial charge on any atom is -1.00 e. The summed E-state index contributed by atoms with van der Waals surface area (Å²) in [6, 6.07) is 7.64. The van der Waals surface area contributed by atoms with Crippen molar-refractivity contribution in [2.24, 2.45) is 0 Å². The predicted octanol–water partition coefficient (Wildman–Crippen LogP) is 1.82. The van der Waals surface area contributed by atoms with E-state index < -0.39 is 20.4 Å². The third-order valence-electron chi connectivity index (χ3n) is 7.26. The second-order valence-corrected chi connectivity index (χ2v) is 29.1. The molecular formula is C30H40Cl2SiZr. The van der Waals surface area contributed by atoms with E-state index in [1.807, 2.05) is 6.55 Å². The van der Waals surface area contributed by atoms with Gasteiger partial charge in [0.1, 0.15) is 0 Å². The van der Waals surface area contributed by atoms with Gasteiger partial charge in [-0.05, 0) is 0 Å². The molecule has 4 rings (SSSR count). The number of benzene rings is 2. The summed E-state index contributed by atoms with van der Waals surface area (Å²) in [5.74, 6) is 0. The smallest absolute Gasteiger partial charge is 1.00 e. The molecule has 2 aliphatic rings. The summed E-state index contributed by atoms with van der Waals surface area (Å²) in [4.78, 5) is 0. The molecule has 0 bridgehead atoms. The van der Waals surface area contributed by atoms with Gasteiger partial charge >= 0.3 is 205 Å². The van der Waals surface area contributed by atoms with Crippen LogP contribution in [0, 0.1) is 13.8 Å². The molecule has 0 spiro atoms. The molecule has 34 heavy (non-hydrogen) atoms. The molecule has 0 heterocycles. The Bertz CT molecular complexity index is 1210.